The summed E-state index contributed by atoms with van der Waals surface area (Å²) in [5.74, 6) is 0.458. The van der Waals surface area contributed by atoms with Crippen molar-refractivity contribution in [3.63, 3.8) is 0 Å². The first-order valence-corrected chi connectivity index (χ1v) is 17.1. The molecule has 2 unspecified atom stereocenters. The van der Waals surface area contributed by atoms with Crippen LogP contribution < -0.4 is 10.2 Å². The van der Waals surface area contributed by atoms with E-state index in [-0.39, 0.29) is 18.6 Å². The van der Waals surface area contributed by atoms with Gasteiger partial charge in [-0.1, -0.05) is 68.0 Å². The third kappa shape index (κ3) is 10.3. The predicted octanol–water partition coefficient (Wildman–Crippen LogP) is 7.21. The van der Waals surface area contributed by atoms with Crippen LogP contribution in [0.2, 0.25) is 0 Å². The van der Waals surface area contributed by atoms with E-state index in [0.717, 1.165) is 79.1 Å². The van der Waals surface area contributed by atoms with Crippen molar-refractivity contribution in [2.24, 2.45) is 0 Å². The van der Waals surface area contributed by atoms with Crippen molar-refractivity contribution >= 4 is 28.8 Å². The molecule has 3 aromatic carbocycles. The molecule has 0 aliphatic carbocycles. The third-order valence-electron chi connectivity index (χ3n) is 8.91. The van der Waals surface area contributed by atoms with Crippen molar-refractivity contribution < 1.29 is 28.6 Å². The maximum atomic E-state index is 13.4. The second kappa shape index (κ2) is 17.8. The summed E-state index contributed by atoms with van der Waals surface area (Å²) < 4.78 is 17.7. The van der Waals surface area contributed by atoms with Gasteiger partial charge in [-0.25, -0.2) is 15.1 Å². The topological polar surface area (TPSA) is 89.6 Å². The number of likely N-dealkylation sites (tertiary alicyclic amines) is 1. The summed E-state index contributed by atoms with van der Waals surface area (Å²) >= 11 is 0. The zero-order chi connectivity index (χ0) is 32.8. The Bertz CT molecular complexity index is 1460. The number of amides is 2. The van der Waals surface area contributed by atoms with Crippen molar-refractivity contribution in [1.82, 2.24) is 15.3 Å². The Balaban J connectivity index is 1.33. The van der Waals surface area contributed by atoms with Crippen LogP contribution >= 0.6 is 0 Å². The van der Waals surface area contributed by atoms with Gasteiger partial charge in [-0.2, -0.15) is 0 Å². The minimum absolute atomic E-state index is 0.285. The molecule has 5 rings (SSSR count). The summed E-state index contributed by atoms with van der Waals surface area (Å²) in [6.07, 6.45) is 9.09. The summed E-state index contributed by atoms with van der Waals surface area (Å²) in [5.41, 5.74) is 4.81. The number of hydrogen-bond acceptors (Lipinski definition) is 7. The fraction of sp³-hybridized carbons (Fsp3) is 0.474. The van der Waals surface area contributed by atoms with Crippen molar-refractivity contribution in [3.05, 3.63) is 83.4 Å². The summed E-state index contributed by atoms with van der Waals surface area (Å²) in [5, 5.41) is 2.14. The number of nitrogens with zero attached hydrogens (tertiary/aromatic N) is 2. The lowest BCUT2D eigenvalue weighted by atomic mass is 10.1. The van der Waals surface area contributed by atoms with E-state index in [1.807, 2.05) is 47.4 Å². The molecular formula is C38H49N3O6. The van der Waals surface area contributed by atoms with Gasteiger partial charge in [-0.15, -0.1) is 0 Å². The lowest BCUT2D eigenvalue weighted by Gasteiger charge is -2.27. The largest absolute Gasteiger partial charge is 0.489 e. The normalized spacial score (nSPS) is 18.6. The second-order valence-electron chi connectivity index (χ2n) is 12.5. The van der Waals surface area contributed by atoms with E-state index in [9.17, 15) is 9.59 Å². The zero-order valence-electron chi connectivity index (χ0n) is 27.8. The average molecular weight is 644 g/mol. The molecule has 9 heteroatoms. The molecule has 2 atom stereocenters. The molecule has 1 N–H and O–H groups in total. The molecule has 0 spiro atoms. The van der Waals surface area contributed by atoms with Gasteiger partial charge < -0.3 is 24.0 Å². The number of carbonyl (C=O) groups is 2. The van der Waals surface area contributed by atoms with Gasteiger partial charge in [0.15, 0.2) is 6.29 Å². The monoisotopic (exact) mass is 643 g/mol. The summed E-state index contributed by atoms with van der Waals surface area (Å²) in [4.78, 5) is 35.8. The zero-order valence-corrected chi connectivity index (χ0v) is 27.8. The van der Waals surface area contributed by atoms with Gasteiger partial charge in [0.1, 0.15) is 12.4 Å². The van der Waals surface area contributed by atoms with E-state index in [1.54, 1.807) is 12.1 Å². The van der Waals surface area contributed by atoms with Crippen molar-refractivity contribution in [3.8, 4) is 5.75 Å². The molecule has 252 valence electrons. The van der Waals surface area contributed by atoms with Gasteiger partial charge in [0.2, 0.25) is 0 Å². The molecule has 2 amide bonds. The third-order valence-corrected chi connectivity index (χ3v) is 8.91. The Hall–Kier alpha value is -3.92. The molecule has 0 saturated carbocycles. The summed E-state index contributed by atoms with van der Waals surface area (Å²) in [7, 11) is 2.16. The van der Waals surface area contributed by atoms with Crippen LogP contribution in [0, 0.1) is 0 Å². The van der Waals surface area contributed by atoms with Crippen LogP contribution in [0.4, 0.5) is 4.79 Å². The Morgan fingerprint density at radius 1 is 1.02 bits per heavy atom. The van der Waals surface area contributed by atoms with Crippen LogP contribution in [-0.2, 0) is 14.3 Å². The number of rotatable bonds is 15. The highest BCUT2D eigenvalue weighted by molar-refractivity contribution is 5.93. The minimum Gasteiger partial charge on any atom is -0.489 e. The van der Waals surface area contributed by atoms with Crippen molar-refractivity contribution in [1.29, 1.82) is 0 Å². The van der Waals surface area contributed by atoms with Gasteiger partial charge in [-0.3, -0.25) is 4.79 Å². The van der Waals surface area contributed by atoms with Crippen LogP contribution in [0.25, 0.3) is 16.8 Å². The first-order chi connectivity index (χ1) is 23.0. The quantitative estimate of drug-likeness (QED) is 0.138. The van der Waals surface area contributed by atoms with Crippen LogP contribution in [0.3, 0.4) is 0 Å². The molecule has 2 heterocycles. The molecule has 2 aliphatic rings. The van der Waals surface area contributed by atoms with Gasteiger partial charge in [0.25, 0.3) is 5.91 Å². The van der Waals surface area contributed by atoms with Gasteiger partial charge in [-0.05, 0) is 86.8 Å². The molecular weight excluding hydrogens is 594 g/mol. The number of hydroxylamine groups is 1. The van der Waals surface area contributed by atoms with E-state index >= 15 is 0 Å². The van der Waals surface area contributed by atoms with Crippen LogP contribution in [0.1, 0.15) is 74.2 Å². The molecule has 2 saturated heterocycles. The molecule has 0 bridgehead atoms. The van der Waals surface area contributed by atoms with E-state index in [2.05, 4.69) is 42.6 Å². The fourth-order valence-electron chi connectivity index (χ4n) is 6.10. The number of carbonyl (C=O) groups excluding carboxylic acids is 2. The Kier molecular flexibility index (Phi) is 13.1. The molecule has 2 aliphatic heterocycles. The maximum Gasteiger partial charge on any atom is 0.410 e. The number of unbranched alkanes of at least 4 members (excludes halogenated alkanes) is 1. The highest BCUT2D eigenvalue weighted by Gasteiger charge is 2.24. The molecule has 3 aromatic rings. The number of ether oxygens (including phenoxy) is 3. The Morgan fingerprint density at radius 2 is 1.85 bits per heavy atom. The van der Waals surface area contributed by atoms with Crippen LogP contribution in [0.15, 0.2) is 72.3 Å². The molecule has 0 aromatic heterocycles. The minimum atomic E-state index is -0.412. The highest BCUT2D eigenvalue weighted by atomic mass is 16.8. The smallest absolute Gasteiger partial charge is 0.410 e. The fourth-order valence-corrected chi connectivity index (χ4v) is 6.10. The summed E-state index contributed by atoms with van der Waals surface area (Å²) in [6, 6.07) is 21.9. The van der Waals surface area contributed by atoms with E-state index < -0.39 is 6.29 Å². The molecule has 2 fully saturated rings. The molecule has 47 heavy (non-hydrogen) atoms. The Labute approximate surface area is 278 Å². The second-order valence-corrected chi connectivity index (χ2v) is 12.5. The number of benzene rings is 3. The number of hydrogen-bond donors (Lipinski definition) is 1. The average Bonchev–Trinajstić information content (AvgIpc) is 3.52. The van der Waals surface area contributed by atoms with Gasteiger partial charge in [0, 0.05) is 43.1 Å². The van der Waals surface area contributed by atoms with Crippen molar-refractivity contribution in [2.75, 3.05) is 46.5 Å². The van der Waals surface area contributed by atoms with E-state index in [1.165, 1.54) is 6.42 Å². The first-order valence-electron chi connectivity index (χ1n) is 17.1. The SMILES string of the molecule is CCCCOC(=O)N(CCC1CCCN1C)CC(=Cc1ccc(C(=O)NOC2CCCCO2)cc1)COc1cccc2ccccc12. The van der Waals surface area contributed by atoms with Gasteiger partial charge in [0.05, 0.1) is 6.61 Å². The maximum absolute atomic E-state index is 13.4. The van der Waals surface area contributed by atoms with E-state index in [4.69, 9.17) is 19.0 Å². The Morgan fingerprint density at radius 3 is 2.62 bits per heavy atom. The first kappa shape index (κ1) is 34.4. The molecule has 9 nitrogen and oxygen atoms in total. The van der Waals surface area contributed by atoms with Crippen LogP contribution in [-0.4, -0.2) is 80.6 Å². The summed E-state index contributed by atoms with van der Waals surface area (Å²) in [6.45, 7) is 5.46. The standard InChI is InChI=1S/C38H49N3O6/c1-3-4-24-45-38(43)41(23-21-33-13-10-22-40(33)2)27-30(28-46-35-15-9-12-31-11-5-6-14-34(31)35)26-29-17-19-32(20-18-29)37(42)39-47-36-16-7-8-25-44-36/h5-6,9,11-12,14-15,17-20,26,33,36H,3-4,7-8,10,13,16,21-25,27-28H2,1-2H3,(H,39,42). The molecule has 0 radical (unpaired) electrons. The van der Waals surface area contributed by atoms with Crippen LogP contribution in [0.5, 0.6) is 5.75 Å². The lowest BCUT2D eigenvalue weighted by Crippen LogP contribution is -2.38. The number of nitrogens with one attached hydrogen (secondary N) is 1. The van der Waals surface area contributed by atoms with Gasteiger partial charge >= 0.3 is 6.09 Å². The lowest BCUT2D eigenvalue weighted by molar-refractivity contribution is -0.186. The predicted molar refractivity (Wildman–Crippen MR) is 184 cm³/mol. The van der Waals surface area contributed by atoms with E-state index in [0.29, 0.717) is 37.9 Å². The highest BCUT2D eigenvalue weighted by Crippen LogP contribution is 2.26. The number of fused-ring (bicyclic) bond motifs is 1. The van der Waals surface area contributed by atoms with Crippen molar-refractivity contribution in [2.45, 2.75) is 70.6 Å².